The van der Waals surface area contributed by atoms with Crippen LogP contribution in [-0.2, 0) is 11.4 Å². The minimum absolute atomic E-state index is 0.00790. The van der Waals surface area contributed by atoms with Gasteiger partial charge in [0.1, 0.15) is 18.2 Å². The second-order valence-electron chi connectivity index (χ2n) is 5.24. The van der Waals surface area contributed by atoms with E-state index in [-0.39, 0.29) is 23.0 Å². The molecule has 7 nitrogen and oxygen atoms in total. The van der Waals surface area contributed by atoms with E-state index in [4.69, 9.17) is 9.47 Å². The summed E-state index contributed by atoms with van der Waals surface area (Å²) in [5, 5.41) is 0.792. The van der Waals surface area contributed by atoms with E-state index in [0.29, 0.717) is 11.8 Å². The van der Waals surface area contributed by atoms with Gasteiger partial charge in [0.15, 0.2) is 23.8 Å². The van der Waals surface area contributed by atoms with E-state index in [0.717, 1.165) is 16.6 Å². The van der Waals surface area contributed by atoms with Crippen molar-refractivity contribution in [3.05, 3.63) is 58.5 Å². The van der Waals surface area contributed by atoms with Crippen LogP contribution in [0, 0.1) is 16.5 Å². The fraction of sp³-hybridized carbons (Fsp3) is 0.188. The molecule has 25 heavy (non-hydrogen) atoms. The molecule has 1 aliphatic heterocycles. The van der Waals surface area contributed by atoms with Crippen LogP contribution in [0.2, 0.25) is 0 Å². The SMILES string of the molecule is COc1ccc(COc2cc(F)cc(F)c2N2CC(=O)N[N+]2=O)cc1. The standard InChI is InChI=1S/C16H13F2N3O4/c1-24-12-4-2-10(3-5-12)9-25-14-7-11(17)6-13(18)16(14)20-8-15(22)19-21(20)23/h2-7H,8-9H2,1H3/p+1. The molecule has 0 bridgehead atoms. The van der Waals surface area contributed by atoms with Gasteiger partial charge in [-0.1, -0.05) is 22.6 Å². The number of benzene rings is 2. The van der Waals surface area contributed by atoms with Crippen molar-refractivity contribution in [3.63, 3.8) is 0 Å². The Morgan fingerprint density at radius 2 is 1.96 bits per heavy atom. The second kappa shape index (κ2) is 6.71. The van der Waals surface area contributed by atoms with Gasteiger partial charge in [-0.25, -0.2) is 8.78 Å². The summed E-state index contributed by atoms with van der Waals surface area (Å²) in [6.45, 7) is -0.390. The first-order chi connectivity index (χ1) is 12.0. The smallest absolute Gasteiger partial charge is 0.307 e. The molecule has 0 aromatic heterocycles. The van der Waals surface area contributed by atoms with Gasteiger partial charge in [-0.3, -0.25) is 4.79 Å². The number of amides is 1. The van der Waals surface area contributed by atoms with Crippen LogP contribution in [0.1, 0.15) is 5.56 Å². The predicted octanol–water partition coefficient (Wildman–Crippen LogP) is 2.10. The fourth-order valence-corrected chi connectivity index (χ4v) is 2.36. The van der Waals surface area contributed by atoms with Crippen molar-refractivity contribution in [2.24, 2.45) is 0 Å². The van der Waals surface area contributed by atoms with Gasteiger partial charge in [-0.05, 0) is 17.7 Å². The van der Waals surface area contributed by atoms with Gasteiger partial charge >= 0.3 is 5.91 Å². The number of carbonyl (C=O) groups is 1. The van der Waals surface area contributed by atoms with Crippen LogP contribution in [0.3, 0.4) is 0 Å². The van der Waals surface area contributed by atoms with Crippen molar-refractivity contribution in [1.82, 2.24) is 5.43 Å². The predicted molar refractivity (Wildman–Crippen MR) is 82.8 cm³/mol. The van der Waals surface area contributed by atoms with Crippen LogP contribution in [0.25, 0.3) is 0 Å². The quantitative estimate of drug-likeness (QED) is 0.837. The van der Waals surface area contributed by atoms with E-state index in [2.05, 4.69) is 0 Å². The van der Waals surface area contributed by atoms with E-state index in [1.165, 1.54) is 7.11 Å². The van der Waals surface area contributed by atoms with Gasteiger partial charge < -0.3 is 9.47 Å². The molecule has 9 heteroatoms. The Bertz CT molecular complexity index is 827. The lowest BCUT2D eigenvalue weighted by Gasteiger charge is -2.14. The van der Waals surface area contributed by atoms with E-state index in [9.17, 15) is 18.5 Å². The number of ether oxygens (including phenoxy) is 2. The highest BCUT2D eigenvalue weighted by Gasteiger charge is 2.40. The summed E-state index contributed by atoms with van der Waals surface area (Å²) in [6.07, 6.45) is 0. The highest BCUT2D eigenvalue weighted by molar-refractivity contribution is 5.82. The monoisotopic (exact) mass is 350 g/mol. The molecule has 1 fully saturated rings. The molecule has 0 radical (unpaired) electrons. The van der Waals surface area contributed by atoms with Gasteiger partial charge in [-0.2, -0.15) is 0 Å². The van der Waals surface area contributed by atoms with Gasteiger partial charge in [0.2, 0.25) is 0 Å². The lowest BCUT2D eigenvalue weighted by Crippen LogP contribution is -2.32. The second-order valence-corrected chi connectivity index (χ2v) is 5.24. The molecular weight excluding hydrogens is 336 g/mol. The van der Waals surface area contributed by atoms with Crippen molar-refractivity contribution in [3.8, 4) is 11.5 Å². The van der Waals surface area contributed by atoms with Crippen LogP contribution < -0.4 is 19.9 Å². The first-order valence-electron chi connectivity index (χ1n) is 7.27. The molecule has 130 valence electrons. The molecule has 0 unspecified atom stereocenters. The molecule has 1 heterocycles. The highest BCUT2D eigenvalue weighted by atomic mass is 19.1. The third-order valence-electron chi connectivity index (χ3n) is 3.54. The molecule has 0 saturated carbocycles. The minimum Gasteiger partial charge on any atom is -0.497 e. The zero-order valence-corrected chi connectivity index (χ0v) is 13.2. The Balaban J connectivity index is 1.87. The number of rotatable bonds is 5. The normalized spacial score (nSPS) is 13.8. The maximum absolute atomic E-state index is 14.2. The summed E-state index contributed by atoms with van der Waals surface area (Å²) in [4.78, 5) is 23.1. The van der Waals surface area contributed by atoms with E-state index >= 15 is 0 Å². The molecule has 2 aromatic rings. The van der Waals surface area contributed by atoms with Gasteiger partial charge in [0.25, 0.3) is 4.98 Å². The van der Waals surface area contributed by atoms with Crippen LogP contribution >= 0.6 is 0 Å². The fourth-order valence-electron chi connectivity index (χ4n) is 2.36. The van der Waals surface area contributed by atoms with Crippen LogP contribution in [0.4, 0.5) is 14.5 Å². The number of hydrogen-bond acceptors (Lipinski definition) is 4. The number of halogens is 2. The Morgan fingerprint density at radius 3 is 2.56 bits per heavy atom. The molecule has 2 aromatic carbocycles. The number of anilines is 1. The minimum atomic E-state index is -1.01. The third kappa shape index (κ3) is 3.49. The van der Waals surface area contributed by atoms with Crippen molar-refractivity contribution < 1.29 is 28.0 Å². The van der Waals surface area contributed by atoms with Gasteiger partial charge in [0.05, 0.1) is 12.0 Å². The Hall–Kier alpha value is -3.23. The third-order valence-corrected chi connectivity index (χ3v) is 3.54. The van der Waals surface area contributed by atoms with Crippen molar-refractivity contribution in [1.29, 1.82) is 0 Å². The van der Waals surface area contributed by atoms with E-state index < -0.39 is 24.1 Å². The topological polar surface area (TPSA) is 70.9 Å². The lowest BCUT2D eigenvalue weighted by atomic mass is 10.2. The number of hydrogen-bond donors (Lipinski definition) is 1. The van der Waals surface area contributed by atoms with Crippen molar-refractivity contribution >= 4 is 11.6 Å². The summed E-state index contributed by atoms with van der Waals surface area (Å²) in [5.74, 6) is -2.01. The van der Waals surface area contributed by atoms with Gasteiger partial charge in [0, 0.05) is 12.1 Å². The summed E-state index contributed by atoms with van der Waals surface area (Å²) < 4.78 is 38.3. The number of nitrogens with one attached hydrogen (secondary N) is 1. The molecule has 0 spiro atoms. The van der Waals surface area contributed by atoms with E-state index in [1.807, 2.05) is 5.43 Å². The maximum atomic E-state index is 14.2. The van der Waals surface area contributed by atoms with Crippen LogP contribution in [-0.4, -0.2) is 24.5 Å². The molecule has 1 aliphatic rings. The Kier molecular flexibility index (Phi) is 4.46. The zero-order valence-electron chi connectivity index (χ0n) is 13.2. The molecule has 1 saturated heterocycles. The summed E-state index contributed by atoms with van der Waals surface area (Å²) in [5.41, 5.74) is 2.37. The van der Waals surface area contributed by atoms with Gasteiger partial charge in [-0.15, -0.1) is 0 Å². The zero-order chi connectivity index (χ0) is 18.0. The Labute approximate surface area is 141 Å². The molecule has 0 aliphatic carbocycles. The summed E-state index contributed by atoms with van der Waals surface area (Å²) in [6, 6.07) is 8.47. The first kappa shape index (κ1) is 16.6. The molecule has 1 N–H and O–H groups in total. The van der Waals surface area contributed by atoms with Crippen molar-refractivity contribution in [2.75, 3.05) is 18.7 Å². The van der Waals surface area contributed by atoms with Crippen molar-refractivity contribution in [2.45, 2.75) is 6.61 Å². The molecule has 3 rings (SSSR count). The van der Waals surface area contributed by atoms with E-state index in [1.54, 1.807) is 24.3 Å². The first-order valence-corrected chi connectivity index (χ1v) is 7.27. The highest BCUT2D eigenvalue weighted by Crippen LogP contribution is 2.34. The Morgan fingerprint density at radius 1 is 1.24 bits per heavy atom. The molecule has 1 amide bonds. The summed E-state index contributed by atoms with van der Waals surface area (Å²) in [7, 11) is 1.54. The average molecular weight is 350 g/mol. The summed E-state index contributed by atoms with van der Waals surface area (Å²) >= 11 is 0. The number of methoxy groups -OCH3 is 1. The largest absolute Gasteiger partial charge is 0.497 e. The molecule has 0 atom stereocenters. The number of nitrogens with zero attached hydrogens (tertiary/aromatic N) is 2. The number of carbonyl (C=O) groups excluding carboxylic acids is 1. The number of nitroso groups, excluding NO2 is 1. The van der Waals surface area contributed by atoms with Crippen LogP contribution in [0.5, 0.6) is 11.5 Å². The maximum Gasteiger partial charge on any atom is 0.307 e. The average Bonchev–Trinajstić information content (AvgIpc) is 2.91. The lowest BCUT2D eigenvalue weighted by molar-refractivity contribution is -0.591. The van der Waals surface area contributed by atoms with Crippen LogP contribution in [0.15, 0.2) is 36.4 Å². The molecular formula is C16H14F2N3O4+. The number of hydrazine groups is 2.